The molecule has 68 heavy (non-hydrogen) atoms. The van der Waals surface area contributed by atoms with Gasteiger partial charge in [-0.3, -0.25) is 29.4 Å². The number of halogens is 2. The standard InChI is InChI=1S/C47H56F2N14O5/c1-26(2)63-46-39(44(50)53-25-54-46)40(57-63)41-38(43(68-58-41)28-3-4-28)45-51-23-29(24-52-45)27-9-13-60(14-10-27)36(65)7-8-37(66)61-15-11-31(12-16-61)59-17-19-62(20-18-59)42-32(48)21-30(22-33(42)49)55-34-5-6-35(64)56-47(34)67/h21-28,31,34,55H,3-20H2,1-2H3,(H2,50,53,54)(H,56,64,67). The summed E-state index contributed by atoms with van der Waals surface area (Å²) < 4.78 is 38.3. The first-order valence-electron chi connectivity index (χ1n) is 23.8. The molecule has 21 heteroatoms. The zero-order chi connectivity index (χ0) is 47.2. The molecule has 19 nitrogen and oxygen atoms in total. The fourth-order valence-electron chi connectivity index (χ4n) is 10.3. The van der Waals surface area contributed by atoms with Gasteiger partial charge in [-0.05, 0) is 82.4 Å². The van der Waals surface area contributed by atoms with Gasteiger partial charge in [0.1, 0.15) is 35.3 Å². The second-order valence-corrected chi connectivity index (χ2v) is 19.0. The molecule has 8 heterocycles. The first kappa shape index (κ1) is 45.2. The molecule has 1 saturated carbocycles. The third kappa shape index (κ3) is 9.06. The number of nitrogen functional groups attached to an aromatic ring is 1. The molecule has 4 N–H and O–H groups in total. The second kappa shape index (κ2) is 18.8. The van der Waals surface area contributed by atoms with Crippen molar-refractivity contribution >= 4 is 51.9 Å². The maximum atomic E-state index is 15.3. The lowest BCUT2D eigenvalue weighted by Crippen LogP contribution is -2.54. The summed E-state index contributed by atoms with van der Waals surface area (Å²) in [4.78, 5) is 76.4. The molecule has 5 fully saturated rings. The van der Waals surface area contributed by atoms with Crippen molar-refractivity contribution in [3.63, 3.8) is 0 Å². The number of nitrogens with two attached hydrogens (primary N) is 1. The molecule has 0 spiro atoms. The zero-order valence-electron chi connectivity index (χ0n) is 38.3. The molecule has 1 unspecified atom stereocenters. The van der Waals surface area contributed by atoms with Gasteiger partial charge in [0.15, 0.2) is 28.9 Å². The van der Waals surface area contributed by atoms with Gasteiger partial charge in [0, 0.05) is 108 Å². The van der Waals surface area contributed by atoms with Crippen LogP contribution in [0.4, 0.5) is 26.0 Å². The molecule has 358 valence electrons. The molecule has 4 amide bonds. The van der Waals surface area contributed by atoms with Crippen molar-refractivity contribution in [2.45, 2.75) is 108 Å². The van der Waals surface area contributed by atoms with Gasteiger partial charge in [-0.25, -0.2) is 33.4 Å². The molecular weight excluding hydrogens is 879 g/mol. The van der Waals surface area contributed by atoms with Crippen LogP contribution in [0.1, 0.15) is 107 Å². The van der Waals surface area contributed by atoms with Gasteiger partial charge in [-0.15, -0.1) is 0 Å². The number of piperidine rings is 3. The van der Waals surface area contributed by atoms with Crippen molar-refractivity contribution in [2.24, 2.45) is 0 Å². The Labute approximate surface area is 391 Å². The topological polar surface area (TPSA) is 227 Å². The second-order valence-electron chi connectivity index (χ2n) is 19.0. The van der Waals surface area contributed by atoms with E-state index in [-0.39, 0.29) is 78.7 Å². The minimum atomic E-state index is -0.744. The lowest BCUT2D eigenvalue weighted by Gasteiger charge is -2.43. The number of carbonyl (C=O) groups excluding carboxylic acids is 4. The number of nitrogens with one attached hydrogen (secondary N) is 2. The van der Waals surface area contributed by atoms with Crippen LogP contribution in [0.2, 0.25) is 0 Å². The zero-order valence-corrected chi connectivity index (χ0v) is 38.3. The fraction of sp³-hybridized carbons (Fsp3) is 0.532. The molecule has 0 bridgehead atoms. The van der Waals surface area contributed by atoms with Crippen molar-refractivity contribution in [1.82, 2.24) is 54.9 Å². The summed E-state index contributed by atoms with van der Waals surface area (Å²) in [5.41, 5.74) is 9.77. The van der Waals surface area contributed by atoms with E-state index in [0.717, 1.165) is 49.8 Å². The molecule has 1 atom stereocenters. The summed E-state index contributed by atoms with van der Waals surface area (Å²) in [5, 5.41) is 15.1. The number of fused-ring (bicyclic) bond motifs is 1. The molecule has 1 aromatic carbocycles. The Morgan fingerprint density at radius 3 is 2.09 bits per heavy atom. The number of amides is 4. The van der Waals surface area contributed by atoms with E-state index in [1.807, 2.05) is 40.7 Å². The van der Waals surface area contributed by atoms with Crippen LogP contribution in [-0.2, 0) is 19.2 Å². The fourth-order valence-corrected chi connectivity index (χ4v) is 10.3. The maximum absolute atomic E-state index is 15.3. The number of hydrogen-bond donors (Lipinski definition) is 3. The van der Waals surface area contributed by atoms with Crippen molar-refractivity contribution < 1.29 is 32.5 Å². The van der Waals surface area contributed by atoms with E-state index in [9.17, 15) is 19.2 Å². The number of imide groups is 1. The Bertz CT molecular complexity index is 2690. The number of hydrogen-bond acceptors (Lipinski definition) is 15. The van der Waals surface area contributed by atoms with E-state index < -0.39 is 23.6 Å². The lowest BCUT2D eigenvalue weighted by atomic mass is 9.91. The van der Waals surface area contributed by atoms with Gasteiger partial charge in [0.05, 0.1) is 10.9 Å². The van der Waals surface area contributed by atoms with Crippen molar-refractivity contribution in [3.05, 3.63) is 53.8 Å². The summed E-state index contributed by atoms with van der Waals surface area (Å²) in [6.45, 7) is 8.53. The van der Waals surface area contributed by atoms with Gasteiger partial charge in [0.2, 0.25) is 23.6 Å². The molecule has 4 aliphatic heterocycles. The van der Waals surface area contributed by atoms with Crippen LogP contribution in [0.15, 0.2) is 35.4 Å². The Kier molecular flexibility index (Phi) is 12.5. The van der Waals surface area contributed by atoms with Crippen LogP contribution in [0.3, 0.4) is 0 Å². The average molecular weight is 935 g/mol. The van der Waals surface area contributed by atoms with Gasteiger partial charge in [-0.2, -0.15) is 5.10 Å². The largest absolute Gasteiger partial charge is 0.383 e. The number of benzene rings is 1. The molecule has 10 rings (SSSR count). The summed E-state index contributed by atoms with van der Waals surface area (Å²) in [5.74, 6) is -0.406. The van der Waals surface area contributed by atoms with Crippen LogP contribution in [0.5, 0.6) is 0 Å². The van der Waals surface area contributed by atoms with E-state index in [0.29, 0.717) is 92.0 Å². The van der Waals surface area contributed by atoms with Gasteiger partial charge in [0.25, 0.3) is 0 Å². The summed E-state index contributed by atoms with van der Waals surface area (Å²) in [6.07, 6.45) is 10.9. The Hall–Kier alpha value is -6.64. The number of carbonyl (C=O) groups is 4. The van der Waals surface area contributed by atoms with Crippen LogP contribution in [0.25, 0.3) is 33.8 Å². The van der Waals surface area contributed by atoms with E-state index in [1.165, 1.54) is 18.5 Å². The van der Waals surface area contributed by atoms with Gasteiger partial charge < -0.3 is 30.3 Å². The molecular formula is C47H56F2N14O5. The van der Waals surface area contributed by atoms with Gasteiger partial charge in [-0.1, -0.05) is 5.16 Å². The van der Waals surface area contributed by atoms with E-state index >= 15 is 8.78 Å². The minimum absolute atomic E-state index is 0.0147. The number of rotatable bonds is 12. The minimum Gasteiger partial charge on any atom is -0.383 e. The number of anilines is 3. The van der Waals surface area contributed by atoms with Crippen LogP contribution < -0.4 is 21.3 Å². The summed E-state index contributed by atoms with van der Waals surface area (Å²) in [7, 11) is 0. The monoisotopic (exact) mass is 934 g/mol. The molecule has 0 radical (unpaired) electrons. The summed E-state index contributed by atoms with van der Waals surface area (Å²) in [6, 6.07) is 1.90. The Morgan fingerprint density at radius 1 is 0.824 bits per heavy atom. The number of likely N-dealkylation sites (tertiary alicyclic amines) is 2. The van der Waals surface area contributed by atoms with Crippen molar-refractivity contribution in [2.75, 3.05) is 68.3 Å². The highest BCUT2D eigenvalue weighted by molar-refractivity contribution is 6.02. The Morgan fingerprint density at radius 2 is 1.47 bits per heavy atom. The molecule has 5 aromatic rings. The molecule has 4 saturated heterocycles. The van der Waals surface area contributed by atoms with E-state index in [1.54, 1.807) is 4.90 Å². The van der Waals surface area contributed by atoms with Crippen LogP contribution in [0, 0.1) is 11.6 Å². The number of piperazine rings is 1. The normalized spacial score (nSPS) is 20.1. The third-order valence-corrected chi connectivity index (χ3v) is 14.2. The van der Waals surface area contributed by atoms with Crippen LogP contribution >= 0.6 is 0 Å². The number of nitrogens with zero attached hydrogens (tertiary/aromatic N) is 11. The predicted octanol–water partition coefficient (Wildman–Crippen LogP) is 4.77. The average Bonchev–Trinajstić information content (AvgIpc) is 3.97. The quantitative estimate of drug-likeness (QED) is 0.143. The first-order valence-corrected chi connectivity index (χ1v) is 23.8. The van der Waals surface area contributed by atoms with Crippen LogP contribution in [-0.4, -0.2) is 138 Å². The SMILES string of the molecule is CC(C)n1nc(-c2noc(C3CC3)c2-c2ncc(C3CCN(C(=O)CCC(=O)N4CCC(N5CCN(c6c(F)cc(NC7CCC(=O)NC7=O)cc6F)CC5)CC4)CC3)cn2)c2c(N)ncnc21. The third-order valence-electron chi connectivity index (χ3n) is 14.2. The van der Waals surface area contributed by atoms with E-state index in [2.05, 4.69) is 30.7 Å². The molecule has 5 aliphatic rings. The van der Waals surface area contributed by atoms with E-state index in [4.69, 9.17) is 25.3 Å². The first-order chi connectivity index (χ1) is 32.9. The summed E-state index contributed by atoms with van der Waals surface area (Å²) >= 11 is 0. The number of aromatic nitrogens is 7. The Balaban J connectivity index is 0.676. The van der Waals surface area contributed by atoms with Crippen molar-refractivity contribution in [3.8, 4) is 22.8 Å². The molecule has 4 aromatic heterocycles. The van der Waals surface area contributed by atoms with Crippen molar-refractivity contribution in [1.29, 1.82) is 0 Å². The maximum Gasteiger partial charge on any atom is 0.249 e. The lowest BCUT2D eigenvalue weighted by molar-refractivity contribution is -0.138. The smallest absolute Gasteiger partial charge is 0.249 e. The highest BCUT2D eigenvalue weighted by Gasteiger charge is 2.37. The molecule has 1 aliphatic carbocycles. The highest BCUT2D eigenvalue weighted by Crippen LogP contribution is 2.48. The predicted molar refractivity (Wildman–Crippen MR) is 246 cm³/mol. The highest BCUT2D eigenvalue weighted by atomic mass is 19.1. The van der Waals surface area contributed by atoms with Gasteiger partial charge >= 0.3 is 0 Å².